The maximum atomic E-state index is 13.3. The van der Waals surface area contributed by atoms with Crippen LogP contribution in [0.5, 0.6) is 0 Å². The number of sulfonamides is 1. The average molecular weight is 471 g/mol. The molecule has 11 heteroatoms. The number of rotatable bonds is 5. The highest BCUT2D eigenvalue weighted by atomic mass is 32.2. The first kappa shape index (κ1) is 22.6. The number of carbonyl (C=O) groups excluding carboxylic acids is 1. The van der Waals surface area contributed by atoms with Gasteiger partial charge in [-0.1, -0.05) is 6.07 Å². The Kier molecular flexibility index (Phi) is 5.98. The Labute approximate surface area is 190 Å². The summed E-state index contributed by atoms with van der Waals surface area (Å²) in [4.78, 5) is 27.2. The molecule has 33 heavy (non-hydrogen) atoms. The molecule has 0 unspecified atom stereocenters. The van der Waals surface area contributed by atoms with Gasteiger partial charge in [-0.15, -0.1) is 0 Å². The van der Waals surface area contributed by atoms with Crippen LogP contribution in [0.15, 0.2) is 53.7 Å². The summed E-state index contributed by atoms with van der Waals surface area (Å²) in [6.07, 6.45) is 3.16. The van der Waals surface area contributed by atoms with Crippen molar-refractivity contribution in [2.24, 2.45) is 0 Å². The molecule has 4 rings (SSSR count). The number of pyridine rings is 3. The Morgan fingerprint density at radius 3 is 2.45 bits per heavy atom. The van der Waals surface area contributed by atoms with E-state index in [1.54, 1.807) is 12.1 Å². The number of hydrogen-bond donors (Lipinski definition) is 2. The Hall–Kier alpha value is -3.60. The number of amides is 1. The van der Waals surface area contributed by atoms with E-state index >= 15 is 0 Å². The molecule has 9 nitrogen and oxygen atoms in total. The highest BCUT2D eigenvalue weighted by Gasteiger charge is 2.33. The van der Waals surface area contributed by atoms with Gasteiger partial charge >= 0.3 is 0 Å². The molecule has 4 heterocycles. The van der Waals surface area contributed by atoms with Crippen LogP contribution in [0, 0.1) is 5.95 Å². The molecule has 2 atom stereocenters. The van der Waals surface area contributed by atoms with Gasteiger partial charge < -0.3 is 10.6 Å². The molecule has 1 saturated heterocycles. The number of nitrogen functional groups attached to an aromatic ring is 1. The van der Waals surface area contributed by atoms with Gasteiger partial charge in [0.05, 0.1) is 11.3 Å². The van der Waals surface area contributed by atoms with E-state index < -0.39 is 21.9 Å². The van der Waals surface area contributed by atoms with E-state index in [1.165, 1.54) is 36.5 Å². The topological polar surface area (TPSA) is 131 Å². The first-order valence-electron chi connectivity index (χ1n) is 10.4. The van der Waals surface area contributed by atoms with E-state index in [2.05, 4.69) is 19.7 Å². The zero-order valence-electron chi connectivity index (χ0n) is 18.1. The molecule has 0 radical (unpaired) electrons. The quantitative estimate of drug-likeness (QED) is 0.544. The molecule has 172 valence electrons. The number of carbonyl (C=O) groups is 1. The third kappa shape index (κ3) is 4.63. The Bertz CT molecular complexity index is 1290. The number of nitrogens with one attached hydrogen (secondary N) is 1. The Balaban J connectivity index is 1.75. The Morgan fingerprint density at radius 1 is 1.09 bits per heavy atom. The zero-order chi connectivity index (χ0) is 23.8. The van der Waals surface area contributed by atoms with Crippen LogP contribution in [0.2, 0.25) is 0 Å². The molecule has 3 N–H and O–H groups in total. The minimum atomic E-state index is -4.25. The summed E-state index contributed by atoms with van der Waals surface area (Å²) in [5, 5.41) is -0.359. The SMILES string of the molecule is C[C@@H]1CC[C@H](C)N1c1nc(-c2ccc(F)nc2)ccc1C(=O)NS(=O)(=O)c1cccc(N)n1. The van der Waals surface area contributed by atoms with Crippen LogP contribution in [0.25, 0.3) is 11.3 Å². The van der Waals surface area contributed by atoms with Crippen LogP contribution in [-0.4, -0.2) is 41.4 Å². The van der Waals surface area contributed by atoms with Gasteiger partial charge in [0.25, 0.3) is 15.9 Å². The first-order chi connectivity index (χ1) is 15.7. The van der Waals surface area contributed by atoms with Gasteiger partial charge in [0, 0.05) is 23.8 Å². The van der Waals surface area contributed by atoms with Gasteiger partial charge in [-0.05, 0) is 63.1 Å². The van der Waals surface area contributed by atoms with Crippen molar-refractivity contribution in [1.82, 2.24) is 19.7 Å². The molecule has 0 spiro atoms. The summed E-state index contributed by atoms with van der Waals surface area (Å²) in [5.74, 6) is -1.08. The molecule has 1 aliphatic heterocycles. The highest BCUT2D eigenvalue weighted by molar-refractivity contribution is 7.90. The normalized spacial score (nSPS) is 18.3. The first-order valence-corrected chi connectivity index (χ1v) is 11.8. The maximum absolute atomic E-state index is 13.3. The number of hydrogen-bond acceptors (Lipinski definition) is 8. The van der Waals surface area contributed by atoms with Crippen LogP contribution >= 0.6 is 0 Å². The molecule has 3 aromatic rings. The molecule has 1 aliphatic rings. The Morgan fingerprint density at radius 2 is 1.82 bits per heavy atom. The summed E-state index contributed by atoms with van der Waals surface area (Å²) in [5.41, 5.74) is 6.74. The lowest BCUT2D eigenvalue weighted by Gasteiger charge is -2.29. The predicted molar refractivity (Wildman–Crippen MR) is 121 cm³/mol. The van der Waals surface area contributed by atoms with Gasteiger partial charge in [0.2, 0.25) is 5.95 Å². The van der Waals surface area contributed by atoms with Crippen molar-refractivity contribution in [1.29, 1.82) is 0 Å². The number of aromatic nitrogens is 3. The summed E-state index contributed by atoms with van der Waals surface area (Å²) in [6.45, 7) is 4.04. The monoisotopic (exact) mass is 470 g/mol. The third-order valence-corrected chi connectivity index (χ3v) is 6.82. The second kappa shape index (κ2) is 8.74. The van der Waals surface area contributed by atoms with Crippen molar-refractivity contribution in [2.75, 3.05) is 10.6 Å². The maximum Gasteiger partial charge on any atom is 0.281 e. The van der Waals surface area contributed by atoms with E-state index in [4.69, 9.17) is 5.73 Å². The molecule has 0 aromatic carbocycles. The summed E-state index contributed by atoms with van der Waals surface area (Å²) < 4.78 is 40.8. The second-order valence-electron chi connectivity index (χ2n) is 7.96. The second-order valence-corrected chi connectivity index (χ2v) is 9.58. The van der Waals surface area contributed by atoms with Crippen LogP contribution in [0.1, 0.15) is 37.0 Å². The molecule has 0 aliphatic carbocycles. The molecule has 0 bridgehead atoms. The molecule has 0 saturated carbocycles. The van der Waals surface area contributed by atoms with Crippen LogP contribution in [-0.2, 0) is 10.0 Å². The standard InChI is InChI=1S/C22H23FN6O3S/c1-13-6-7-14(2)29(13)21-16(9-10-17(26-21)15-8-11-18(23)25-12-15)22(30)28-33(31,32)20-5-3-4-19(24)27-20/h3-5,8-14H,6-7H2,1-2H3,(H2,24,27)(H,28,30)/t13-,14+. The summed E-state index contributed by atoms with van der Waals surface area (Å²) >= 11 is 0. The van der Waals surface area contributed by atoms with E-state index in [9.17, 15) is 17.6 Å². The van der Waals surface area contributed by atoms with E-state index in [1.807, 2.05) is 18.7 Å². The van der Waals surface area contributed by atoms with Crippen molar-refractivity contribution in [2.45, 2.75) is 43.8 Å². The van der Waals surface area contributed by atoms with Gasteiger partial charge in [-0.25, -0.2) is 19.7 Å². The number of nitrogens with two attached hydrogens (primary N) is 1. The molecular formula is C22H23FN6O3S. The average Bonchev–Trinajstić information content (AvgIpc) is 3.11. The summed E-state index contributed by atoms with van der Waals surface area (Å²) in [7, 11) is -4.25. The van der Waals surface area contributed by atoms with Crippen molar-refractivity contribution < 1.29 is 17.6 Å². The fourth-order valence-corrected chi connectivity index (χ4v) is 4.87. The lowest BCUT2D eigenvalue weighted by molar-refractivity contribution is 0.0981. The zero-order valence-corrected chi connectivity index (χ0v) is 18.9. The minimum Gasteiger partial charge on any atom is -0.384 e. The predicted octanol–water partition coefficient (Wildman–Crippen LogP) is 2.76. The van der Waals surface area contributed by atoms with Gasteiger partial charge in [-0.3, -0.25) is 4.79 Å². The highest BCUT2D eigenvalue weighted by Crippen LogP contribution is 2.33. The van der Waals surface area contributed by atoms with Gasteiger partial charge in [-0.2, -0.15) is 12.8 Å². The van der Waals surface area contributed by atoms with Crippen LogP contribution in [0.3, 0.4) is 0 Å². The lowest BCUT2D eigenvalue weighted by atomic mass is 10.1. The van der Waals surface area contributed by atoms with Crippen molar-refractivity contribution in [3.05, 3.63) is 60.2 Å². The van der Waals surface area contributed by atoms with Gasteiger partial charge in [0.15, 0.2) is 5.03 Å². The van der Waals surface area contributed by atoms with Crippen molar-refractivity contribution >= 4 is 27.6 Å². The van der Waals surface area contributed by atoms with Crippen molar-refractivity contribution in [3.8, 4) is 11.3 Å². The lowest BCUT2D eigenvalue weighted by Crippen LogP contribution is -2.37. The minimum absolute atomic E-state index is 0.0182. The fourth-order valence-electron chi connectivity index (χ4n) is 3.93. The molecule has 3 aromatic heterocycles. The molecular weight excluding hydrogens is 447 g/mol. The largest absolute Gasteiger partial charge is 0.384 e. The molecule has 1 fully saturated rings. The van der Waals surface area contributed by atoms with Crippen LogP contribution < -0.4 is 15.4 Å². The van der Waals surface area contributed by atoms with Crippen molar-refractivity contribution in [3.63, 3.8) is 0 Å². The number of halogens is 1. The third-order valence-electron chi connectivity index (χ3n) is 5.59. The van der Waals surface area contributed by atoms with E-state index in [-0.39, 0.29) is 28.5 Å². The van der Waals surface area contributed by atoms with E-state index in [0.29, 0.717) is 17.1 Å². The molecule has 1 amide bonds. The van der Waals surface area contributed by atoms with E-state index in [0.717, 1.165) is 12.8 Å². The number of nitrogens with zero attached hydrogens (tertiary/aromatic N) is 4. The van der Waals surface area contributed by atoms with Crippen LogP contribution in [0.4, 0.5) is 16.0 Å². The number of anilines is 2. The fraction of sp³-hybridized carbons (Fsp3) is 0.273. The smallest absolute Gasteiger partial charge is 0.281 e. The van der Waals surface area contributed by atoms with Gasteiger partial charge in [0.1, 0.15) is 11.6 Å². The summed E-state index contributed by atoms with van der Waals surface area (Å²) in [6, 6.07) is 10.2.